The molecule has 0 saturated heterocycles. The fourth-order valence-electron chi connectivity index (χ4n) is 3.71. The number of nitrogens with one attached hydrogen (secondary N) is 1. The summed E-state index contributed by atoms with van der Waals surface area (Å²) in [7, 11) is 1.61. The molecule has 2 aromatic rings. The molecule has 0 spiro atoms. The summed E-state index contributed by atoms with van der Waals surface area (Å²) in [4.78, 5) is 32.1. The first kappa shape index (κ1) is 21.3. The molecule has 2 aromatic heterocycles. The zero-order valence-corrected chi connectivity index (χ0v) is 18.7. The van der Waals surface area contributed by atoms with Crippen molar-refractivity contribution >= 4 is 39.2 Å². The van der Waals surface area contributed by atoms with E-state index in [0.29, 0.717) is 29.6 Å². The minimum atomic E-state index is -0.0484. The highest BCUT2D eigenvalue weighted by molar-refractivity contribution is 7.99. The van der Waals surface area contributed by atoms with E-state index in [4.69, 9.17) is 9.72 Å². The lowest BCUT2D eigenvalue weighted by atomic mass is 9.86. The van der Waals surface area contributed by atoms with E-state index >= 15 is 0 Å². The summed E-state index contributed by atoms with van der Waals surface area (Å²) in [6.07, 6.45) is 4.64. The van der Waals surface area contributed by atoms with Crippen molar-refractivity contribution in [1.29, 1.82) is 0 Å². The molecule has 0 bridgehead atoms. The maximum absolute atomic E-state index is 13.1. The van der Waals surface area contributed by atoms with Crippen molar-refractivity contribution in [2.75, 3.05) is 19.5 Å². The van der Waals surface area contributed by atoms with Crippen molar-refractivity contribution in [3.8, 4) is 0 Å². The van der Waals surface area contributed by atoms with Crippen LogP contribution in [0.3, 0.4) is 0 Å². The van der Waals surface area contributed by atoms with Crippen LogP contribution in [0.4, 0.5) is 0 Å². The Hall–Kier alpha value is -1.38. The molecule has 1 amide bonds. The molecule has 3 rings (SSSR count). The number of aryl methyl sites for hydroxylation is 2. The topological polar surface area (TPSA) is 73.2 Å². The van der Waals surface area contributed by atoms with Crippen LogP contribution >= 0.6 is 23.1 Å². The number of methoxy groups -OCH3 is 1. The molecule has 0 aromatic carbocycles. The number of fused-ring (bicyclic) bond motifs is 1. The lowest BCUT2D eigenvalue weighted by molar-refractivity contribution is -0.119. The van der Waals surface area contributed by atoms with Crippen molar-refractivity contribution in [3.05, 3.63) is 20.8 Å². The molecular formula is C20H29N3O3S2. The van der Waals surface area contributed by atoms with Gasteiger partial charge in [-0.2, -0.15) is 0 Å². The van der Waals surface area contributed by atoms with Crippen molar-refractivity contribution in [2.24, 2.45) is 5.92 Å². The van der Waals surface area contributed by atoms with Crippen molar-refractivity contribution in [3.63, 3.8) is 0 Å². The van der Waals surface area contributed by atoms with Crippen molar-refractivity contribution in [1.82, 2.24) is 14.9 Å². The average molecular weight is 424 g/mol. The van der Waals surface area contributed by atoms with Crippen LogP contribution in [0.1, 0.15) is 43.0 Å². The van der Waals surface area contributed by atoms with Gasteiger partial charge in [0.2, 0.25) is 5.91 Å². The Balaban J connectivity index is 1.79. The number of aromatic nitrogens is 2. The molecule has 8 heteroatoms. The van der Waals surface area contributed by atoms with Gasteiger partial charge in [0.25, 0.3) is 5.56 Å². The van der Waals surface area contributed by atoms with E-state index in [0.717, 1.165) is 21.7 Å². The second kappa shape index (κ2) is 9.41. The van der Waals surface area contributed by atoms with Crippen LogP contribution in [0.15, 0.2) is 9.95 Å². The molecule has 2 atom stereocenters. The number of carbonyl (C=O) groups is 1. The van der Waals surface area contributed by atoms with E-state index < -0.39 is 0 Å². The van der Waals surface area contributed by atoms with Gasteiger partial charge in [-0.25, -0.2) is 4.98 Å². The molecule has 154 valence electrons. The van der Waals surface area contributed by atoms with Crippen LogP contribution in [-0.4, -0.2) is 41.0 Å². The van der Waals surface area contributed by atoms with Crippen LogP contribution in [0.25, 0.3) is 10.2 Å². The third-order valence-corrected chi connectivity index (χ3v) is 7.64. The number of hydrogen-bond acceptors (Lipinski definition) is 6. The first-order chi connectivity index (χ1) is 13.4. The molecule has 1 saturated carbocycles. The predicted octanol–water partition coefficient (Wildman–Crippen LogP) is 3.51. The van der Waals surface area contributed by atoms with E-state index in [2.05, 4.69) is 12.2 Å². The lowest BCUT2D eigenvalue weighted by Crippen LogP contribution is -2.42. The normalized spacial score (nSPS) is 19.9. The summed E-state index contributed by atoms with van der Waals surface area (Å²) in [5, 5.41) is 4.44. The van der Waals surface area contributed by atoms with Gasteiger partial charge in [-0.1, -0.05) is 31.5 Å². The summed E-state index contributed by atoms with van der Waals surface area (Å²) in [5.74, 6) is 0.793. The van der Waals surface area contributed by atoms with E-state index in [1.54, 1.807) is 11.7 Å². The highest BCUT2D eigenvalue weighted by Crippen LogP contribution is 2.28. The van der Waals surface area contributed by atoms with Crippen LogP contribution < -0.4 is 10.9 Å². The van der Waals surface area contributed by atoms with Crippen LogP contribution in [-0.2, 0) is 16.1 Å². The Morgan fingerprint density at radius 1 is 1.36 bits per heavy atom. The summed E-state index contributed by atoms with van der Waals surface area (Å²) >= 11 is 2.86. The van der Waals surface area contributed by atoms with Gasteiger partial charge < -0.3 is 10.1 Å². The van der Waals surface area contributed by atoms with Gasteiger partial charge in [0.05, 0.1) is 24.3 Å². The van der Waals surface area contributed by atoms with Gasteiger partial charge in [0.15, 0.2) is 5.16 Å². The fourth-order valence-corrected chi connectivity index (χ4v) is 5.61. The molecule has 0 radical (unpaired) electrons. The zero-order valence-electron chi connectivity index (χ0n) is 17.0. The standard InChI is InChI=1S/C20H29N3O3S2/c1-12-7-5-6-8-15(12)21-16(24)11-27-20-22-18-17(13(2)14(3)28-18)19(25)23(20)9-10-26-4/h12,15H,5-11H2,1-4H3,(H,21,24)/t12-,15+/m1/s1. The summed E-state index contributed by atoms with van der Waals surface area (Å²) in [5.41, 5.74) is 0.942. The molecule has 2 heterocycles. The molecule has 0 aliphatic heterocycles. The Kier molecular flexibility index (Phi) is 7.17. The highest BCUT2D eigenvalue weighted by Gasteiger charge is 2.23. The summed E-state index contributed by atoms with van der Waals surface area (Å²) < 4.78 is 6.81. The molecule has 1 aliphatic rings. The average Bonchev–Trinajstić information content (AvgIpc) is 2.95. The quantitative estimate of drug-likeness (QED) is 0.545. The number of rotatable bonds is 7. The molecule has 1 fully saturated rings. The SMILES string of the molecule is COCCn1c(SCC(=O)N[C@H]2CCCC[C@H]2C)nc2sc(C)c(C)c2c1=O. The van der Waals surface area contributed by atoms with Crippen LogP contribution in [0.2, 0.25) is 0 Å². The summed E-state index contributed by atoms with van der Waals surface area (Å²) in [6.45, 7) is 7.02. The molecule has 0 unspecified atom stereocenters. The van der Waals surface area contributed by atoms with E-state index in [-0.39, 0.29) is 23.3 Å². The molecule has 1 N–H and O–H groups in total. The third kappa shape index (κ3) is 4.60. The van der Waals surface area contributed by atoms with Crippen LogP contribution in [0, 0.1) is 19.8 Å². The largest absolute Gasteiger partial charge is 0.383 e. The van der Waals surface area contributed by atoms with E-state index in [1.807, 2.05) is 13.8 Å². The van der Waals surface area contributed by atoms with E-state index in [1.165, 1.54) is 42.4 Å². The van der Waals surface area contributed by atoms with Gasteiger partial charge in [-0.3, -0.25) is 14.2 Å². The first-order valence-electron chi connectivity index (χ1n) is 9.84. The number of nitrogens with zero attached hydrogens (tertiary/aromatic N) is 2. The van der Waals surface area contributed by atoms with E-state index in [9.17, 15) is 9.59 Å². The number of hydrogen-bond donors (Lipinski definition) is 1. The number of amides is 1. The molecule has 28 heavy (non-hydrogen) atoms. The fraction of sp³-hybridized carbons (Fsp3) is 0.650. The zero-order chi connectivity index (χ0) is 20.3. The summed E-state index contributed by atoms with van der Waals surface area (Å²) in [6, 6.07) is 0.260. The Morgan fingerprint density at radius 2 is 2.11 bits per heavy atom. The van der Waals surface area contributed by atoms with Gasteiger partial charge in [0.1, 0.15) is 4.83 Å². The minimum absolute atomic E-state index is 0.00919. The second-order valence-corrected chi connectivity index (χ2v) is 9.68. The maximum atomic E-state index is 13.1. The minimum Gasteiger partial charge on any atom is -0.383 e. The number of thiophene rings is 1. The molecule has 6 nitrogen and oxygen atoms in total. The first-order valence-corrected chi connectivity index (χ1v) is 11.6. The Labute approximate surface area is 174 Å². The monoisotopic (exact) mass is 423 g/mol. The smallest absolute Gasteiger partial charge is 0.263 e. The number of ether oxygens (including phenoxy) is 1. The maximum Gasteiger partial charge on any atom is 0.263 e. The second-order valence-electron chi connectivity index (χ2n) is 7.53. The van der Waals surface area contributed by atoms with Crippen molar-refractivity contribution in [2.45, 2.75) is 64.2 Å². The van der Waals surface area contributed by atoms with Crippen LogP contribution in [0.5, 0.6) is 0 Å². The lowest BCUT2D eigenvalue weighted by Gasteiger charge is -2.29. The molecule has 1 aliphatic carbocycles. The predicted molar refractivity (Wildman–Crippen MR) is 116 cm³/mol. The Bertz CT molecular complexity index is 906. The van der Waals surface area contributed by atoms with Gasteiger partial charge in [-0.05, 0) is 38.2 Å². The Morgan fingerprint density at radius 3 is 2.82 bits per heavy atom. The third-order valence-electron chi connectivity index (χ3n) is 5.56. The highest BCUT2D eigenvalue weighted by atomic mass is 32.2. The van der Waals surface area contributed by atoms with Gasteiger partial charge in [0, 0.05) is 18.0 Å². The van der Waals surface area contributed by atoms with Crippen molar-refractivity contribution < 1.29 is 9.53 Å². The number of carbonyl (C=O) groups excluding carboxylic acids is 1. The van der Waals surface area contributed by atoms with Gasteiger partial charge in [-0.15, -0.1) is 11.3 Å². The number of thioether (sulfide) groups is 1. The molecular weight excluding hydrogens is 394 g/mol. The van der Waals surface area contributed by atoms with Gasteiger partial charge >= 0.3 is 0 Å².